The van der Waals surface area contributed by atoms with E-state index < -0.39 is 0 Å². The fourth-order valence-electron chi connectivity index (χ4n) is 3.04. The molecule has 118 valence electrons. The molecule has 0 saturated heterocycles. The van der Waals surface area contributed by atoms with Crippen LogP contribution in [0.5, 0.6) is 0 Å². The summed E-state index contributed by atoms with van der Waals surface area (Å²) in [6.45, 7) is 7.54. The Balaban J connectivity index is 1.58. The van der Waals surface area contributed by atoms with Gasteiger partial charge in [0.05, 0.1) is 12.7 Å². The minimum absolute atomic E-state index is 0.246. The molecule has 0 spiro atoms. The number of hydrogen-bond donors (Lipinski definition) is 1. The molecule has 1 atom stereocenters. The fourth-order valence-corrected chi connectivity index (χ4v) is 3.04. The first kappa shape index (κ1) is 16.5. The molecule has 1 aromatic carbocycles. The molecule has 0 aromatic heterocycles. The van der Waals surface area contributed by atoms with Gasteiger partial charge in [-0.1, -0.05) is 63.8 Å². The molecule has 0 bridgehead atoms. The highest BCUT2D eigenvalue weighted by atomic mass is 16.5. The van der Waals surface area contributed by atoms with Crippen molar-refractivity contribution >= 4 is 0 Å². The van der Waals surface area contributed by atoms with Gasteiger partial charge in [0.1, 0.15) is 0 Å². The van der Waals surface area contributed by atoms with Gasteiger partial charge < -0.3 is 10.1 Å². The molecular weight excluding hydrogens is 258 g/mol. The summed E-state index contributed by atoms with van der Waals surface area (Å²) in [4.78, 5) is 0. The average molecular weight is 289 g/mol. The van der Waals surface area contributed by atoms with Gasteiger partial charge in [0.25, 0.3) is 0 Å². The quantitative estimate of drug-likeness (QED) is 0.676. The molecule has 2 rings (SSSR count). The van der Waals surface area contributed by atoms with Crippen LogP contribution in [0.15, 0.2) is 24.3 Å². The smallest absolute Gasteiger partial charge is 0.0952 e. The van der Waals surface area contributed by atoms with E-state index in [-0.39, 0.29) is 6.10 Å². The Morgan fingerprint density at radius 2 is 1.95 bits per heavy atom. The molecule has 1 unspecified atom stereocenters. The minimum atomic E-state index is 0.246. The van der Waals surface area contributed by atoms with Gasteiger partial charge in [-0.3, -0.25) is 0 Å². The summed E-state index contributed by atoms with van der Waals surface area (Å²) in [7, 11) is 0. The second-order valence-electron chi connectivity index (χ2n) is 6.61. The highest BCUT2D eigenvalue weighted by Gasteiger charge is 2.19. The number of benzene rings is 1. The van der Waals surface area contributed by atoms with Crippen LogP contribution in [0.4, 0.5) is 0 Å². The molecule has 1 aromatic rings. The van der Waals surface area contributed by atoms with Crippen molar-refractivity contribution < 1.29 is 4.74 Å². The lowest BCUT2D eigenvalue weighted by molar-refractivity contribution is 0.0426. The molecule has 21 heavy (non-hydrogen) atoms. The van der Waals surface area contributed by atoms with E-state index in [0.29, 0.717) is 0 Å². The number of rotatable bonds is 9. The number of unbranched alkanes of at least 4 members (excludes halogenated alkanes) is 3. The van der Waals surface area contributed by atoms with E-state index in [1.807, 2.05) is 0 Å². The molecular formula is C19H31NO. The number of nitrogens with one attached hydrogen (secondary N) is 1. The van der Waals surface area contributed by atoms with Gasteiger partial charge in [0, 0.05) is 6.54 Å². The van der Waals surface area contributed by atoms with Crippen LogP contribution >= 0.6 is 0 Å². The zero-order chi connectivity index (χ0) is 14.9. The standard InChI is InChI=1S/C19H31NO/c1-16(2)9-5-3-4-8-13-20-15-19-18-11-7-6-10-17(18)12-14-21-19/h6-7,10-11,16,19-20H,3-5,8-9,12-15H2,1-2H3. The van der Waals surface area contributed by atoms with Crippen LogP contribution in [-0.2, 0) is 11.2 Å². The van der Waals surface area contributed by atoms with Crippen molar-refractivity contribution in [1.29, 1.82) is 0 Å². The van der Waals surface area contributed by atoms with E-state index in [1.54, 1.807) is 0 Å². The second-order valence-corrected chi connectivity index (χ2v) is 6.61. The summed E-state index contributed by atoms with van der Waals surface area (Å²) in [5.74, 6) is 0.853. The Bertz CT molecular complexity index is 402. The maximum absolute atomic E-state index is 5.91. The first-order valence-electron chi connectivity index (χ1n) is 8.67. The zero-order valence-electron chi connectivity index (χ0n) is 13.7. The van der Waals surface area contributed by atoms with Gasteiger partial charge in [0.15, 0.2) is 0 Å². The van der Waals surface area contributed by atoms with Gasteiger partial charge in [-0.2, -0.15) is 0 Å². The van der Waals surface area contributed by atoms with Gasteiger partial charge in [0.2, 0.25) is 0 Å². The van der Waals surface area contributed by atoms with E-state index in [9.17, 15) is 0 Å². The van der Waals surface area contributed by atoms with Crippen LogP contribution in [0.2, 0.25) is 0 Å². The normalized spacial score (nSPS) is 18.0. The monoisotopic (exact) mass is 289 g/mol. The van der Waals surface area contributed by atoms with E-state index in [0.717, 1.165) is 32.0 Å². The van der Waals surface area contributed by atoms with Gasteiger partial charge >= 0.3 is 0 Å². The number of ether oxygens (including phenoxy) is 1. The third-order valence-electron chi connectivity index (χ3n) is 4.31. The maximum atomic E-state index is 5.91. The summed E-state index contributed by atoms with van der Waals surface area (Å²) < 4.78 is 5.91. The molecule has 2 nitrogen and oxygen atoms in total. The van der Waals surface area contributed by atoms with E-state index in [4.69, 9.17) is 4.74 Å². The number of fused-ring (bicyclic) bond motifs is 1. The van der Waals surface area contributed by atoms with Crippen molar-refractivity contribution in [2.75, 3.05) is 19.7 Å². The topological polar surface area (TPSA) is 21.3 Å². The molecule has 0 saturated carbocycles. The molecule has 1 heterocycles. The molecule has 0 amide bonds. The van der Waals surface area contributed by atoms with E-state index >= 15 is 0 Å². The zero-order valence-corrected chi connectivity index (χ0v) is 13.7. The summed E-state index contributed by atoms with van der Waals surface area (Å²) in [5, 5.41) is 3.57. The lowest BCUT2D eigenvalue weighted by atomic mass is 9.97. The van der Waals surface area contributed by atoms with E-state index in [2.05, 4.69) is 43.4 Å². The van der Waals surface area contributed by atoms with Gasteiger partial charge in [-0.15, -0.1) is 0 Å². The van der Waals surface area contributed by atoms with Crippen molar-refractivity contribution in [3.63, 3.8) is 0 Å². The van der Waals surface area contributed by atoms with Crippen molar-refractivity contribution in [2.45, 2.75) is 58.5 Å². The Kier molecular flexibility index (Phi) is 7.25. The van der Waals surface area contributed by atoms with Crippen LogP contribution in [0.1, 0.15) is 63.2 Å². The predicted molar refractivity (Wildman–Crippen MR) is 89.6 cm³/mol. The van der Waals surface area contributed by atoms with Gasteiger partial charge in [-0.25, -0.2) is 0 Å². The Hall–Kier alpha value is -0.860. The Labute approximate surface area is 130 Å². The van der Waals surface area contributed by atoms with Crippen LogP contribution in [-0.4, -0.2) is 19.7 Å². The van der Waals surface area contributed by atoms with E-state index in [1.165, 1.54) is 43.2 Å². The van der Waals surface area contributed by atoms with Crippen molar-refractivity contribution in [1.82, 2.24) is 5.32 Å². The van der Waals surface area contributed by atoms with Gasteiger partial charge in [-0.05, 0) is 36.4 Å². The fraction of sp³-hybridized carbons (Fsp3) is 0.684. The molecule has 0 fully saturated rings. The average Bonchev–Trinajstić information content (AvgIpc) is 2.50. The van der Waals surface area contributed by atoms with Crippen LogP contribution in [0.25, 0.3) is 0 Å². The molecule has 1 aliphatic rings. The SMILES string of the molecule is CC(C)CCCCCCNCC1OCCc2ccccc21. The third-order valence-corrected chi connectivity index (χ3v) is 4.31. The van der Waals surface area contributed by atoms with Crippen molar-refractivity contribution in [3.8, 4) is 0 Å². The van der Waals surface area contributed by atoms with Crippen LogP contribution < -0.4 is 5.32 Å². The first-order chi connectivity index (χ1) is 10.3. The predicted octanol–water partition coefficient (Wildman–Crippen LogP) is 4.50. The summed E-state index contributed by atoms with van der Waals surface area (Å²) in [5.41, 5.74) is 2.84. The van der Waals surface area contributed by atoms with Crippen LogP contribution in [0, 0.1) is 5.92 Å². The summed E-state index contributed by atoms with van der Waals surface area (Å²) in [6.07, 6.45) is 8.08. The summed E-state index contributed by atoms with van der Waals surface area (Å²) >= 11 is 0. The molecule has 0 aliphatic carbocycles. The molecule has 1 aliphatic heterocycles. The highest BCUT2D eigenvalue weighted by Crippen LogP contribution is 2.26. The Morgan fingerprint density at radius 3 is 2.81 bits per heavy atom. The third kappa shape index (κ3) is 5.80. The number of hydrogen-bond acceptors (Lipinski definition) is 2. The maximum Gasteiger partial charge on any atom is 0.0952 e. The van der Waals surface area contributed by atoms with Crippen molar-refractivity contribution in [3.05, 3.63) is 35.4 Å². The second kappa shape index (κ2) is 9.22. The lowest BCUT2D eigenvalue weighted by Gasteiger charge is -2.26. The highest BCUT2D eigenvalue weighted by molar-refractivity contribution is 5.31. The Morgan fingerprint density at radius 1 is 1.14 bits per heavy atom. The largest absolute Gasteiger partial charge is 0.372 e. The molecule has 1 N–H and O–H groups in total. The van der Waals surface area contributed by atoms with Crippen molar-refractivity contribution in [2.24, 2.45) is 5.92 Å². The van der Waals surface area contributed by atoms with Crippen LogP contribution in [0.3, 0.4) is 0 Å². The molecule has 2 heteroatoms. The summed E-state index contributed by atoms with van der Waals surface area (Å²) in [6, 6.07) is 8.70. The minimum Gasteiger partial charge on any atom is -0.372 e. The lowest BCUT2D eigenvalue weighted by Crippen LogP contribution is -2.28. The first-order valence-corrected chi connectivity index (χ1v) is 8.67. The molecule has 0 radical (unpaired) electrons.